The molecule has 1 fully saturated rings. The van der Waals surface area contributed by atoms with Crippen molar-refractivity contribution in [1.29, 1.82) is 0 Å². The summed E-state index contributed by atoms with van der Waals surface area (Å²) >= 11 is 0. The second-order valence-electron chi connectivity index (χ2n) is 6.33. The lowest BCUT2D eigenvalue weighted by atomic mass is 10.2. The molecule has 0 atom stereocenters. The van der Waals surface area contributed by atoms with Crippen molar-refractivity contribution in [2.45, 2.75) is 0 Å². The van der Waals surface area contributed by atoms with E-state index in [0.29, 0.717) is 11.1 Å². The number of anilines is 2. The number of hydrogen-bond acceptors (Lipinski definition) is 5. The van der Waals surface area contributed by atoms with Gasteiger partial charge in [0.05, 0.1) is 0 Å². The molecule has 25 heavy (non-hydrogen) atoms. The van der Waals surface area contributed by atoms with E-state index in [9.17, 15) is 4.79 Å². The third-order valence-corrected chi connectivity index (χ3v) is 4.59. The van der Waals surface area contributed by atoms with Gasteiger partial charge in [-0.15, -0.1) is 0 Å². The molecular weight excluding hydrogens is 316 g/mol. The number of fused-ring (bicyclic) bond motifs is 1. The van der Waals surface area contributed by atoms with Gasteiger partial charge >= 0.3 is 0 Å². The molecule has 6 heteroatoms. The van der Waals surface area contributed by atoms with E-state index < -0.39 is 0 Å². The molecule has 1 aliphatic heterocycles. The molecule has 0 unspecified atom stereocenters. The summed E-state index contributed by atoms with van der Waals surface area (Å²) < 4.78 is 5.25. The molecule has 1 N–H and O–H groups in total. The topological polar surface area (TPSA) is 61.6 Å². The first-order valence-electron chi connectivity index (χ1n) is 8.37. The van der Waals surface area contributed by atoms with Gasteiger partial charge in [0, 0.05) is 43.1 Å². The summed E-state index contributed by atoms with van der Waals surface area (Å²) in [6.45, 7) is 4.20. The fraction of sp³-hybridized carbons (Fsp3) is 0.263. The molecule has 1 amide bonds. The van der Waals surface area contributed by atoms with Crippen molar-refractivity contribution in [2.24, 2.45) is 0 Å². The van der Waals surface area contributed by atoms with E-state index in [4.69, 9.17) is 4.42 Å². The van der Waals surface area contributed by atoms with E-state index in [1.807, 2.05) is 12.1 Å². The minimum absolute atomic E-state index is 0.161. The number of carbonyl (C=O) groups is 1. The summed E-state index contributed by atoms with van der Waals surface area (Å²) in [6.07, 6.45) is 1.38. The molecule has 0 bridgehead atoms. The van der Waals surface area contributed by atoms with E-state index in [-0.39, 0.29) is 5.91 Å². The molecule has 0 aliphatic carbocycles. The molecule has 1 saturated heterocycles. The number of benzene rings is 2. The highest BCUT2D eigenvalue weighted by molar-refractivity contribution is 6.05. The molecule has 0 spiro atoms. The van der Waals surface area contributed by atoms with Crippen LogP contribution in [0.25, 0.3) is 11.1 Å². The minimum atomic E-state index is -0.161. The minimum Gasteiger partial charge on any atom is -0.443 e. The lowest BCUT2D eigenvalue weighted by Crippen LogP contribution is -2.44. The van der Waals surface area contributed by atoms with Gasteiger partial charge in [-0.3, -0.25) is 4.79 Å². The molecule has 2 heterocycles. The maximum Gasteiger partial charge on any atom is 0.255 e. The number of likely N-dealkylation sites (N-methyl/N-ethyl adjacent to an activating group) is 1. The van der Waals surface area contributed by atoms with Crippen LogP contribution in [0.2, 0.25) is 0 Å². The summed E-state index contributed by atoms with van der Waals surface area (Å²) in [6, 6.07) is 13.2. The van der Waals surface area contributed by atoms with Crippen LogP contribution in [-0.4, -0.2) is 49.0 Å². The van der Waals surface area contributed by atoms with Gasteiger partial charge in [-0.2, -0.15) is 0 Å². The Morgan fingerprint density at radius 3 is 2.60 bits per heavy atom. The van der Waals surface area contributed by atoms with Crippen molar-refractivity contribution < 1.29 is 9.21 Å². The second kappa shape index (κ2) is 6.57. The molecule has 6 nitrogen and oxygen atoms in total. The van der Waals surface area contributed by atoms with E-state index in [0.717, 1.165) is 37.4 Å². The highest BCUT2D eigenvalue weighted by Gasteiger charge is 2.14. The van der Waals surface area contributed by atoms with Crippen LogP contribution in [0.4, 0.5) is 11.4 Å². The first kappa shape index (κ1) is 15.7. The average molecular weight is 336 g/mol. The summed E-state index contributed by atoms with van der Waals surface area (Å²) in [7, 11) is 2.14. The van der Waals surface area contributed by atoms with Crippen LogP contribution in [0.3, 0.4) is 0 Å². The maximum atomic E-state index is 12.4. The Labute approximate surface area is 146 Å². The zero-order valence-corrected chi connectivity index (χ0v) is 14.1. The Bertz CT molecular complexity index is 880. The van der Waals surface area contributed by atoms with Gasteiger partial charge in [0.15, 0.2) is 12.0 Å². The molecular formula is C19H20N4O2. The van der Waals surface area contributed by atoms with Gasteiger partial charge in [-0.1, -0.05) is 0 Å². The fourth-order valence-electron chi connectivity index (χ4n) is 3.02. The molecule has 2 aromatic carbocycles. The molecule has 4 rings (SSSR count). The summed E-state index contributed by atoms with van der Waals surface area (Å²) in [5.74, 6) is -0.161. The third-order valence-electron chi connectivity index (χ3n) is 4.59. The summed E-state index contributed by atoms with van der Waals surface area (Å²) in [5.41, 5.74) is 3.87. The van der Waals surface area contributed by atoms with Crippen LogP contribution in [0.15, 0.2) is 53.3 Å². The highest BCUT2D eigenvalue weighted by Crippen LogP contribution is 2.20. The van der Waals surface area contributed by atoms with Crippen molar-refractivity contribution >= 4 is 28.4 Å². The number of nitrogens with zero attached hydrogens (tertiary/aromatic N) is 3. The monoisotopic (exact) mass is 336 g/mol. The van der Waals surface area contributed by atoms with E-state index in [1.54, 1.807) is 18.2 Å². The largest absolute Gasteiger partial charge is 0.443 e. The molecule has 3 aromatic rings. The van der Waals surface area contributed by atoms with Crippen molar-refractivity contribution in [1.82, 2.24) is 9.88 Å². The van der Waals surface area contributed by atoms with Crippen LogP contribution in [0.1, 0.15) is 10.4 Å². The molecule has 0 radical (unpaired) electrons. The van der Waals surface area contributed by atoms with Crippen LogP contribution in [-0.2, 0) is 0 Å². The molecule has 0 saturated carbocycles. The average Bonchev–Trinajstić information content (AvgIpc) is 3.11. The number of rotatable bonds is 3. The Morgan fingerprint density at radius 2 is 1.84 bits per heavy atom. The zero-order valence-electron chi connectivity index (χ0n) is 14.1. The van der Waals surface area contributed by atoms with Gasteiger partial charge in [-0.25, -0.2) is 4.98 Å². The maximum absolute atomic E-state index is 12.4. The first-order chi connectivity index (χ1) is 12.2. The Hall–Kier alpha value is -2.86. The van der Waals surface area contributed by atoms with Crippen molar-refractivity contribution in [3.05, 3.63) is 54.4 Å². The first-order valence-corrected chi connectivity index (χ1v) is 8.37. The lowest BCUT2D eigenvalue weighted by Gasteiger charge is -2.34. The van der Waals surface area contributed by atoms with Crippen molar-refractivity contribution in [3.8, 4) is 0 Å². The van der Waals surface area contributed by atoms with E-state index in [2.05, 4.69) is 39.3 Å². The second-order valence-corrected chi connectivity index (χ2v) is 6.33. The zero-order chi connectivity index (χ0) is 17.2. The normalized spacial score (nSPS) is 15.5. The Balaban J connectivity index is 1.44. The number of amides is 1. The van der Waals surface area contributed by atoms with Crippen LogP contribution in [0.5, 0.6) is 0 Å². The third kappa shape index (κ3) is 3.34. The fourth-order valence-corrected chi connectivity index (χ4v) is 3.02. The van der Waals surface area contributed by atoms with Gasteiger partial charge < -0.3 is 19.5 Å². The smallest absolute Gasteiger partial charge is 0.255 e. The molecule has 1 aliphatic rings. The van der Waals surface area contributed by atoms with E-state index >= 15 is 0 Å². The lowest BCUT2D eigenvalue weighted by molar-refractivity contribution is 0.102. The predicted molar refractivity (Wildman–Crippen MR) is 98.1 cm³/mol. The Kier molecular flexibility index (Phi) is 4.11. The Morgan fingerprint density at radius 1 is 1.08 bits per heavy atom. The molecule has 128 valence electrons. The highest BCUT2D eigenvalue weighted by atomic mass is 16.3. The van der Waals surface area contributed by atoms with E-state index in [1.165, 1.54) is 12.1 Å². The standard InChI is InChI=1S/C19H20N4O2/c1-22-8-10-23(11-9-22)16-5-3-15(4-6-16)21-19(24)14-2-7-17-18(12-14)25-13-20-17/h2-7,12-13H,8-11H2,1H3,(H,21,24). The van der Waals surface area contributed by atoms with Gasteiger partial charge in [0.25, 0.3) is 5.91 Å². The summed E-state index contributed by atoms with van der Waals surface area (Å²) in [4.78, 5) is 21.2. The predicted octanol–water partition coefficient (Wildman–Crippen LogP) is 2.83. The number of oxazole rings is 1. The van der Waals surface area contributed by atoms with Crippen molar-refractivity contribution in [3.63, 3.8) is 0 Å². The van der Waals surface area contributed by atoms with Crippen molar-refractivity contribution in [2.75, 3.05) is 43.4 Å². The number of carbonyl (C=O) groups excluding carboxylic acids is 1. The van der Waals surface area contributed by atoms with Crippen LogP contribution >= 0.6 is 0 Å². The quantitative estimate of drug-likeness (QED) is 0.797. The van der Waals surface area contributed by atoms with Crippen LogP contribution in [0, 0.1) is 0 Å². The number of hydrogen-bond donors (Lipinski definition) is 1. The van der Waals surface area contributed by atoms with Crippen LogP contribution < -0.4 is 10.2 Å². The number of nitrogens with one attached hydrogen (secondary N) is 1. The SMILES string of the molecule is CN1CCN(c2ccc(NC(=O)c3ccc4ncoc4c3)cc2)CC1. The van der Waals surface area contributed by atoms with Gasteiger partial charge in [0.2, 0.25) is 0 Å². The molecule has 1 aromatic heterocycles. The van der Waals surface area contributed by atoms with Gasteiger partial charge in [-0.05, 0) is 49.5 Å². The van der Waals surface area contributed by atoms with Gasteiger partial charge in [0.1, 0.15) is 5.52 Å². The number of aromatic nitrogens is 1. The summed E-state index contributed by atoms with van der Waals surface area (Å²) in [5, 5.41) is 2.92. The number of piperazine rings is 1.